The smallest absolute Gasteiger partial charge is 0.245 e. The van der Waals surface area contributed by atoms with Crippen molar-refractivity contribution in [2.24, 2.45) is 0 Å². The lowest BCUT2D eigenvalue weighted by atomic mass is 10.1. The fourth-order valence-electron chi connectivity index (χ4n) is 2.75. The van der Waals surface area contributed by atoms with Crippen LogP contribution in [-0.4, -0.2) is 55.0 Å². The predicted octanol–water partition coefficient (Wildman–Crippen LogP) is 1.87. The van der Waals surface area contributed by atoms with E-state index in [0.717, 1.165) is 39.3 Å². The molecule has 5 heteroatoms. The highest BCUT2D eigenvalue weighted by atomic mass is 32.1. The first kappa shape index (κ1) is 15.5. The summed E-state index contributed by atoms with van der Waals surface area (Å²) in [6, 6.07) is 2.02. The maximum absolute atomic E-state index is 12.9. The van der Waals surface area contributed by atoms with Crippen LogP contribution < -0.4 is 5.32 Å². The second kappa shape index (κ2) is 7.20. The molecule has 1 atom stereocenters. The van der Waals surface area contributed by atoms with Crippen LogP contribution in [0.4, 0.5) is 0 Å². The highest BCUT2D eigenvalue weighted by Gasteiger charge is 2.32. The molecule has 1 amide bonds. The molecule has 1 aliphatic heterocycles. The third-order valence-electron chi connectivity index (χ3n) is 3.98. The number of thiophene rings is 1. The SMILES string of the molecule is CCN(CC)C(=O)C(c1sccc1C)N1CCNCC1. The van der Waals surface area contributed by atoms with E-state index >= 15 is 0 Å². The predicted molar refractivity (Wildman–Crippen MR) is 84.2 cm³/mol. The third kappa shape index (κ3) is 3.22. The van der Waals surface area contributed by atoms with Crippen LogP contribution in [0, 0.1) is 6.92 Å². The molecular weight excluding hydrogens is 270 g/mol. The lowest BCUT2D eigenvalue weighted by Crippen LogP contribution is -2.50. The topological polar surface area (TPSA) is 35.6 Å². The molecule has 2 heterocycles. The lowest BCUT2D eigenvalue weighted by molar-refractivity contribution is -0.137. The largest absolute Gasteiger partial charge is 0.342 e. The van der Waals surface area contributed by atoms with Crippen LogP contribution in [-0.2, 0) is 4.79 Å². The van der Waals surface area contributed by atoms with Crippen molar-refractivity contribution in [3.05, 3.63) is 21.9 Å². The minimum atomic E-state index is -0.100. The molecule has 1 unspecified atom stereocenters. The number of nitrogens with one attached hydrogen (secondary N) is 1. The number of carbonyl (C=O) groups excluding carboxylic acids is 1. The van der Waals surface area contributed by atoms with Gasteiger partial charge in [-0.3, -0.25) is 9.69 Å². The van der Waals surface area contributed by atoms with Gasteiger partial charge < -0.3 is 10.2 Å². The Labute approximate surface area is 125 Å². The fourth-order valence-corrected chi connectivity index (χ4v) is 3.80. The highest BCUT2D eigenvalue weighted by molar-refractivity contribution is 7.10. The molecule has 0 bridgehead atoms. The average molecular weight is 295 g/mol. The van der Waals surface area contributed by atoms with Crippen molar-refractivity contribution in [1.82, 2.24) is 15.1 Å². The molecule has 4 nitrogen and oxygen atoms in total. The van der Waals surface area contributed by atoms with E-state index in [9.17, 15) is 4.79 Å². The van der Waals surface area contributed by atoms with Crippen molar-refractivity contribution in [3.8, 4) is 0 Å². The van der Waals surface area contributed by atoms with Crippen LogP contribution in [0.2, 0.25) is 0 Å². The number of rotatable bonds is 5. The van der Waals surface area contributed by atoms with Crippen molar-refractivity contribution in [3.63, 3.8) is 0 Å². The van der Waals surface area contributed by atoms with Gasteiger partial charge in [-0.2, -0.15) is 0 Å². The van der Waals surface area contributed by atoms with E-state index in [0.29, 0.717) is 0 Å². The molecule has 0 spiro atoms. The van der Waals surface area contributed by atoms with Crippen molar-refractivity contribution < 1.29 is 4.79 Å². The van der Waals surface area contributed by atoms with Crippen molar-refractivity contribution in [2.45, 2.75) is 26.8 Å². The first-order valence-corrected chi connectivity index (χ1v) is 8.34. The maximum atomic E-state index is 12.9. The van der Waals surface area contributed by atoms with Crippen LogP contribution in [0.3, 0.4) is 0 Å². The van der Waals surface area contributed by atoms with Gasteiger partial charge in [-0.1, -0.05) is 0 Å². The Morgan fingerprint density at radius 1 is 1.40 bits per heavy atom. The third-order valence-corrected chi connectivity index (χ3v) is 5.05. The van der Waals surface area contributed by atoms with Crippen molar-refractivity contribution >= 4 is 17.2 Å². The molecule has 1 aromatic heterocycles. The van der Waals surface area contributed by atoms with Crippen LogP contribution in [0.15, 0.2) is 11.4 Å². The minimum Gasteiger partial charge on any atom is -0.342 e. The number of hydrogen-bond acceptors (Lipinski definition) is 4. The Hall–Kier alpha value is -0.910. The minimum absolute atomic E-state index is 0.100. The summed E-state index contributed by atoms with van der Waals surface area (Å²) in [6.45, 7) is 11.6. The van der Waals surface area contributed by atoms with Crippen molar-refractivity contribution in [2.75, 3.05) is 39.3 Å². The number of nitrogens with zero attached hydrogens (tertiary/aromatic N) is 2. The number of carbonyl (C=O) groups is 1. The molecule has 0 aromatic carbocycles. The molecule has 1 aliphatic rings. The summed E-state index contributed by atoms with van der Waals surface area (Å²) >= 11 is 1.71. The van der Waals surface area contributed by atoms with Gasteiger partial charge in [0.25, 0.3) is 0 Å². The summed E-state index contributed by atoms with van der Waals surface area (Å²) in [6.07, 6.45) is 0. The molecule has 20 heavy (non-hydrogen) atoms. The number of aryl methyl sites for hydroxylation is 1. The molecular formula is C15H25N3OS. The van der Waals surface area contributed by atoms with Gasteiger partial charge in [-0.15, -0.1) is 11.3 Å². The fraction of sp³-hybridized carbons (Fsp3) is 0.667. The Bertz CT molecular complexity index is 436. The molecule has 1 fully saturated rings. The van der Waals surface area contributed by atoms with E-state index in [4.69, 9.17) is 0 Å². The second-order valence-electron chi connectivity index (χ2n) is 5.17. The van der Waals surface area contributed by atoms with Crippen LogP contribution >= 0.6 is 11.3 Å². The summed E-state index contributed by atoms with van der Waals surface area (Å²) in [4.78, 5) is 18.4. The van der Waals surface area contributed by atoms with Gasteiger partial charge in [0.1, 0.15) is 6.04 Å². The summed E-state index contributed by atoms with van der Waals surface area (Å²) in [7, 11) is 0. The van der Waals surface area contributed by atoms with Crippen LogP contribution in [0.5, 0.6) is 0 Å². The van der Waals surface area contributed by atoms with E-state index in [1.807, 2.05) is 4.90 Å². The van der Waals surface area contributed by atoms with E-state index < -0.39 is 0 Å². The van der Waals surface area contributed by atoms with Gasteiger partial charge in [0.05, 0.1) is 0 Å². The van der Waals surface area contributed by atoms with Crippen LogP contribution in [0.25, 0.3) is 0 Å². The Balaban J connectivity index is 2.28. The molecule has 0 radical (unpaired) electrons. The van der Waals surface area contributed by atoms with Gasteiger partial charge in [-0.05, 0) is 37.8 Å². The first-order chi connectivity index (χ1) is 9.69. The van der Waals surface area contributed by atoms with Gasteiger partial charge in [0.2, 0.25) is 5.91 Å². The van der Waals surface area contributed by atoms with E-state index in [-0.39, 0.29) is 11.9 Å². The molecule has 1 N–H and O–H groups in total. The van der Waals surface area contributed by atoms with Crippen molar-refractivity contribution in [1.29, 1.82) is 0 Å². The first-order valence-electron chi connectivity index (χ1n) is 7.46. The standard InChI is InChI=1S/C15H25N3OS/c1-4-17(5-2)15(19)13(14-12(3)6-11-20-14)18-9-7-16-8-10-18/h6,11,13,16H,4-5,7-10H2,1-3H3. The Kier molecular flexibility index (Phi) is 5.57. The van der Waals surface area contributed by atoms with Gasteiger partial charge in [0, 0.05) is 44.1 Å². The zero-order chi connectivity index (χ0) is 14.5. The number of amides is 1. The average Bonchev–Trinajstić information content (AvgIpc) is 2.88. The van der Waals surface area contributed by atoms with E-state index in [1.54, 1.807) is 11.3 Å². The molecule has 1 aromatic rings. The molecule has 112 valence electrons. The Morgan fingerprint density at radius 3 is 2.55 bits per heavy atom. The van der Waals surface area contributed by atoms with Gasteiger partial charge in [-0.25, -0.2) is 0 Å². The summed E-state index contributed by atoms with van der Waals surface area (Å²) < 4.78 is 0. The monoisotopic (exact) mass is 295 g/mol. The van der Waals surface area contributed by atoms with E-state index in [1.165, 1.54) is 10.4 Å². The molecule has 1 saturated heterocycles. The summed E-state index contributed by atoms with van der Waals surface area (Å²) in [5.74, 6) is 0.252. The molecule has 0 aliphatic carbocycles. The van der Waals surface area contributed by atoms with Gasteiger partial charge in [0.15, 0.2) is 0 Å². The summed E-state index contributed by atoms with van der Waals surface area (Å²) in [5, 5.41) is 5.46. The van der Waals surface area contributed by atoms with Crippen LogP contribution in [0.1, 0.15) is 30.3 Å². The maximum Gasteiger partial charge on any atom is 0.245 e. The normalized spacial score (nSPS) is 17.9. The Morgan fingerprint density at radius 2 is 2.05 bits per heavy atom. The van der Waals surface area contributed by atoms with E-state index in [2.05, 4.69) is 42.4 Å². The molecule has 2 rings (SSSR count). The second-order valence-corrected chi connectivity index (χ2v) is 6.11. The zero-order valence-corrected chi connectivity index (χ0v) is 13.5. The number of piperazine rings is 1. The number of likely N-dealkylation sites (N-methyl/N-ethyl adjacent to an activating group) is 1. The van der Waals surface area contributed by atoms with Gasteiger partial charge >= 0.3 is 0 Å². The molecule has 0 saturated carbocycles. The number of hydrogen-bond donors (Lipinski definition) is 1. The highest BCUT2D eigenvalue weighted by Crippen LogP contribution is 2.30. The zero-order valence-electron chi connectivity index (χ0n) is 12.7. The summed E-state index contributed by atoms with van der Waals surface area (Å²) in [5.41, 5.74) is 1.24. The quantitative estimate of drug-likeness (QED) is 0.901. The lowest BCUT2D eigenvalue weighted by Gasteiger charge is -2.36.